The number of nitrogens with one attached hydrogen (secondary N) is 1. The lowest BCUT2D eigenvalue weighted by atomic mass is 9.99. The third kappa shape index (κ3) is 4.43. The molecule has 21 heavy (non-hydrogen) atoms. The molecule has 0 spiro atoms. The van der Waals surface area contributed by atoms with Gasteiger partial charge in [0.1, 0.15) is 5.82 Å². The van der Waals surface area contributed by atoms with Gasteiger partial charge < -0.3 is 16.0 Å². The zero-order chi connectivity index (χ0) is 15.2. The largest absolute Gasteiger partial charge is 0.366 e. The normalized spacial score (nSPS) is 18.5. The summed E-state index contributed by atoms with van der Waals surface area (Å²) in [6.45, 7) is 8.19. The van der Waals surface area contributed by atoms with Crippen molar-refractivity contribution in [3.8, 4) is 0 Å². The van der Waals surface area contributed by atoms with Gasteiger partial charge in [-0.25, -0.2) is 4.98 Å². The van der Waals surface area contributed by atoms with Crippen LogP contribution < -0.4 is 16.0 Å². The van der Waals surface area contributed by atoms with Crippen LogP contribution in [0.3, 0.4) is 0 Å². The first-order valence-electron chi connectivity index (χ1n) is 7.84. The van der Waals surface area contributed by atoms with Crippen LogP contribution in [0, 0.1) is 12.8 Å². The van der Waals surface area contributed by atoms with Gasteiger partial charge in [0.2, 0.25) is 5.91 Å². The van der Waals surface area contributed by atoms with Gasteiger partial charge in [0.15, 0.2) is 0 Å². The maximum Gasteiger partial charge on any atom is 0.248 e. The lowest BCUT2D eigenvalue weighted by molar-refractivity contribution is 0.1000. The Hall–Kier alpha value is -1.62. The molecule has 1 aliphatic heterocycles. The van der Waals surface area contributed by atoms with Crippen molar-refractivity contribution < 1.29 is 4.79 Å². The summed E-state index contributed by atoms with van der Waals surface area (Å²) in [5, 5.41) is 3.45. The van der Waals surface area contributed by atoms with E-state index >= 15 is 0 Å². The number of nitrogens with zero attached hydrogens (tertiary/aromatic N) is 2. The molecule has 0 radical (unpaired) electrons. The summed E-state index contributed by atoms with van der Waals surface area (Å²) in [7, 11) is 0. The molecule has 5 nitrogen and oxygen atoms in total. The molecule has 1 unspecified atom stereocenters. The minimum atomic E-state index is -0.391. The zero-order valence-electron chi connectivity index (χ0n) is 13.1. The predicted octanol–water partition coefficient (Wildman–Crippen LogP) is 1.70. The minimum absolute atomic E-state index is 0.391. The number of aryl methyl sites for hydroxylation is 1. The summed E-state index contributed by atoms with van der Waals surface area (Å²) in [6.07, 6.45) is 3.54. The number of hydrogen-bond acceptors (Lipinski definition) is 4. The Morgan fingerprint density at radius 1 is 1.52 bits per heavy atom. The van der Waals surface area contributed by atoms with Crippen molar-refractivity contribution >= 4 is 11.7 Å². The molecule has 1 aromatic heterocycles. The average Bonchev–Trinajstić information content (AvgIpc) is 2.47. The molecule has 1 aliphatic rings. The fourth-order valence-electron chi connectivity index (χ4n) is 2.92. The van der Waals surface area contributed by atoms with Crippen LogP contribution >= 0.6 is 0 Å². The van der Waals surface area contributed by atoms with Crippen molar-refractivity contribution in [2.75, 3.05) is 31.1 Å². The SMILES string of the molecule is CCCN(CC1CCCNC1)c1cc(C(N)=O)cc(C)n1. The van der Waals surface area contributed by atoms with Crippen LogP contribution in [-0.4, -0.2) is 37.1 Å². The van der Waals surface area contributed by atoms with Gasteiger partial charge in [0.25, 0.3) is 0 Å². The van der Waals surface area contributed by atoms with Crippen molar-refractivity contribution in [1.29, 1.82) is 0 Å². The van der Waals surface area contributed by atoms with Crippen molar-refractivity contribution in [2.45, 2.75) is 33.1 Å². The summed E-state index contributed by atoms with van der Waals surface area (Å²) in [5.74, 6) is 1.12. The molecule has 1 aromatic rings. The van der Waals surface area contributed by atoms with E-state index in [1.54, 1.807) is 6.07 Å². The number of pyridine rings is 1. The number of hydrogen-bond donors (Lipinski definition) is 2. The molecule has 2 heterocycles. The number of rotatable bonds is 6. The highest BCUT2D eigenvalue weighted by Gasteiger charge is 2.18. The highest BCUT2D eigenvalue weighted by molar-refractivity contribution is 5.93. The van der Waals surface area contributed by atoms with Gasteiger partial charge in [-0.15, -0.1) is 0 Å². The Morgan fingerprint density at radius 2 is 2.33 bits per heavy atom. The Labute approximate surface area is 126 Å². The molecule has 3 N–H and O–H groups in total. The third-order valence-corrected chi connectivity index (χ3v) is 3.92. The Morgan fingerprint density at radius 3 is 2.95 bits per heavy atom. The number of aromatic nitrogens is 1. The lowest BCUT2D eigenvalue weighted by Crippen LogP contribution is -2.39. The van der Waals surface area contributed by atoms with E-state index in [0.29, 0.717) is 11.5 Å². The van der Waals surface area contributed by atoms with Gasteiger partial charge in [-0.2, -0.15) is 0 Å². The predicted molar refractivity (Wildman–Crippen MR) is 85.6 cm³/mol. The second-order valence-electron chi connectivity index (χ2n) is 5.88. The van der Waals surface area contributed by atoms with Gasteiger partial charge in [0.05, 0.1) is 0 Å². The van der Waals surface area contributed by atoms with Crippen LogP contribution in [0.15, 0.2) is 12.1 Å². The Bertz CT molecular complexity index is 483. The van der Waals surface area contributed by atoms with Crippen molar-refractivity contribution in [1.82, 2.24) is 10.3 Å². The number of carbonyl (C=O) groups excluding carboxylic acids is 1. The number of anilines is 1. The molecular weight excluding hydrogens is 264 g/mol. The molecule has 0 saturated carbocycles. The minimum Gasteiger partial charge on any atom is -0.366 e. The second-order valence-corrected chi connectivity index (χ2v) is 5.88. The molecule has 0 aromatic carbocycles. The quantitative estimate of drug-likeness (QED) is 0.836. The summed E-state index contributed by atoms with van der Waals surface area (Å²) < 4.78 is 0. The fourth-order valence-corrected chi connectivity index (χ4v) is 2.92. The first kappa shape index (κ1) is 15.8. The van der Waals surface area contributed by atoms with Crippen LogP contribution in [0.1, 0.15) is 42.2 Å². The fraction of sp³-hybridized carbons (Fsp3) is 0.625. The van der Waals surface area contributed by atoms with E-state index < -0.39 is 5.91 Å². The van der Waals surface area contributed by atoms with E-state index in [1.165, 1.54) is 12.8 Å². The summed E-state index contributed by atoms with van der Waals surface area (Å²) in [5.41, 5.74) is 6.79. The Balaban J connectivity index is 2.18. The van der Waals surface area contributed by atoms with Gasteiger partial charge in [-0.3, -0.25) is 4.79 Å². The summed E-state index contributed by atoms with van der Waals surface area (Å²) >= 11 is 0. The van der Waals surface area contributed by atoms with E-state index in [2.05, 4.69) is 22.1 Å². The topological polar surface area (TPSA) is 71.2 Å². The van der Waals surface area contributed by atoms with Gasteiger partial charge in [-0.1, -0.05) is 6.92 Å². The monoisotopic (exact) mass is 290 g/mol. The third-order valence-electron chi connectivity index (χ3n) is 3.92. The Kier molecular flexibility index (Phi) is 5.56. The van der Waals surface area contributed by atoms with Crippen molar-refractivity contribution in [3.63, 3.8) is 0 Å². The maximum atomic E-state index is 11.4. The van der Waals surface area contributed by atoms with E-state index in [0.717, 1.165) is 44.1 Å². The lowest BCUT2D eigenvalue weighted by Gasteiger charge is -2.31. The van der Waals surface area contributed by atoms with Crippen LogP contribution in [0.4, 0.5) is 5.82 Å². The van der Waals surface area contributed by atoms with Crippen molar-refractivity contribution in [2.24, 2.45) is 11.7 Å². The molecule has 1 atom stereocenters. The number of amides is 1. The molecule has 2 rings (SSSR count). The van der Waals surface area contributed by atoms with Crippen LogP contribution in [0.5, 0.6) is 0 Å². The van der Waals surface area contributed by atoms with Gasteiger partial charge in [-0.05, 0) is 57.3 Å². The van der Waals surface area contributed by atoms with Crippen LogP contribution in [0.2, 0.25) is 0 Å². The number of primary amides is 1. The van der Waals surface area contributed by atoms with Crippen LogP contribution in [0.25, 0.3) is 0 Å². The standard InChI is InChI=1S/C16H26N4O/c1-3-7-20(11-13-5-4-6-18-10-13)15-9-14(16(17)21)8-12(2)19-15/h8-9,13,18H,3-7,10-11H2,1-2H3,(H2,17,21). The molecule has 1 saturated heterocycles. The number of nitrogens with two attached hydrogens (primary N) is 1. The molecule has 5 heteroatoms. The van der Waals surface area contributed by atoms with Gasteiger partial charge >= 0.3 is 0 Å². The molecule has 0 bridgehead atoms. The van der Waals surface area contributed by atoms with Crippen LogP contribution in [-0.2, 0) is 0 Å². The number of piperidine rings is 1. The highest BCUT2D eigenvalue weighted by atomic mass is 16.1. The molecule has 0 aliphatic carbocycles. The summed E-state index contributed by atoms with van der Waals surface area (Å²) in [6, 6.07) is 3.57. The molecule has 116 valence electrons. The second kappa shape index (κ2) is 7.41. The first-order chi connectivity index (χ1) is 10.1. The average molecular weight is 290 g/mol. The maximum absolute atomic E-state index is 11.4. The highest BCUT2D eigenvalue weighted by Crippen LogP contribution is 2.19. The molecular formula is C16H26N4O. The zero-order valence-corrected chi connectivity index (χ0v) is 13.1. The smallest absolute Gasteiger partial charge is 0.248 e. The molecule has 1 amide bonds. The summed E-state index contributed by atoms with van der Waals surface area (Å²) in [4.78, 5) is 18.3. The van der Waals surface area contributed by atoms with Crippen molar-refractivity contribution in [3.05, 3.63) is 23.4 Å². The van der Waals surface area contributed by atoms with Gasteiger partial charge in [0, 0.05) is 24.3 Å². The van der Waals surface area contributed by atoms with E-state index in [9.17, 15) is 4.79 Å². The van der Waals surface area contributed by atoms with E-state index in [4.69, 9.17) is 5.73 Å². The first-order valence-corrected chi connectivity index (χ1v) is 7.84. The number of carbonyl (C=O) groups is 1. The van der Waals surface area contributed by atoms with E-state index in [1.807, 2.05) is 13.0 Å². The van der Waals surface area contributed by atoms with E-state index in [-0.39, 0.29) is 0 Å². The molecule has 1 fully saturated rings.